The van der Waals surface area contributed by atoms with Crippen LogP contribution in [0.2, 0.25) is 5.02 Å². The largest absolute Gasteiger partial charge is 0.326 e. The van der Waals surface area contributed by atoms with E-state index in [2.05, 4.69) is 5.32 Å². The van der Waals surface area contributed by atoms with Crippen LogP contribution in [0.25, 0.3) is 0 Å². The van der Waals surface area contributed by atoms with Gasteiger partial charge in [0.2, 0.25) is 15.9 Å². The summed E-state index contributed by atoms with van der Waals surface area (Å²) in [5.41, 5.74) is 2.43. The Kier molecular flexibility index (Phi) is 6.21. The first-order valence-corrected chi connectivity index (χ1v) is 9.59. The van der Waals surface area contributed by atoms with Gasteiger partial charge in [0.25, 0.3) is 0 Å². The van der Waals surface area contributed by atoms with Crippen LogP contribution in [0.3, 0.4) is 0 Å². The normalized spacial score (nSPS) is 11.6. The molecule has 2 rings (SSSR count). The standard InChI is InChI=1S/C18H21ClN2O3S/c1-13-7-8-14(11-17(13)19)9-10-18(22)20-15-5-4-6-16(12-15)25(23,24)21(2)3/h4-8,11-12H,9-10H2,1-3H3,(H,20,22). The molecule has 0 fully saturated rings. The Labute approximate surface area is 153 Å². The number of benzene rings is 2. The number of sulfonamides is 1. The number of hydrogen-bond acceptors (Lipinski definition) is 3. The maximum atomic E-state index is 12.1. The second-order valence-corrected chi connectivity index (χ2v) is 8.51. The quantitative estimate of drug-likeness (QED) is 0.834. The average Bonchev–Trinajstić information content (AvgIpc) is 2.56. The van der Waals surface area contributed by atoms with Gasteiger partial charge in [0.05, 0.1) is 4.90 Å². The van der Waals surface area contributed by atoms with Gasteiger partial charge in [-0.15, -0.1) is 0 Å². The number of aryl methyl sites for hydroxylation is 2. The molecule has 0 aromatic heterocycles. The van der Waals surface area contributed by atoms with Crippen molar-refractivity contribution >= 4 is 33.2 Å². The number of amides is 1. The fourth-order valence-electron chi connectivity index (χ4n) is 2.22. The van der Waals surface area contributed by atoms with Crippen LogP contribution in [-0.2, 0) is 21.2 Å². The van der Waals surface area contributed by atoms with E-state index in [9.17, 15) is 13.2 Å². The molecule has 0 aliphatic carbocycles. The molecule has 1 amide bonds. The molecule has 0 radical (unpaired) electrons. The second kappa shape index (κ2) is 7.99. The van der Waals surface area contributed by atoms with Gasteiger partial charge in [-0.2, -0.15) is 0 Å². The maximum absolute atomic E-state index is 12.1. The van der Waals surface area contributed by atoms with Gasteiger partial charge in [-0.3, -0.25) is 4.79 Å². The van der Waals surface area contributed by atoms with Gasteiger partial charge in [-0.1, -0.05) is 29.8 Å². The van der Waals surface area contributed by atoms with Crippen molar-refractivity contribution in [1.29, 1.82) is 0 Å². The molecule has 5 nitrogen and oxygen atoms in total. The third-order valence-corrected chi connectivity index (χ3v) is 5.99. The number of carbonyl (C=O) groups is 1. The van der Waals surface area contributed by atoms with E-state index in [-0.39, 0.29) is 17.2 Å². The predicted molar refractivity (Wildman–Crippen MR) is 100 cm³/mol. The average molecular weight is 381 g/mol. The zero-order valence-electron chi connectivity index (χ0n) is 14.4. The van der Waals surface area contributed by atoms with Gasteiger partial charge in [-0.05, 0) is 48.7 Å². The van der Waals surface area contributed by atoms with E-state index in [0.717, 1.165) is 15.4 Å². The third kappa shape index (κ3) is 5.04. The molecular formula is C18H21ClN2O3S. The van der Waals surface area contributed by atoms with Gasteiger partial charge in [0.15, 0.2) is 0 Å². The first kappa shape index (κ1) is 19.4. The van der Waals surface area contributed by atoms with Gasteiger partial charge in [0, 0.05) is 31.2 Å². The molecular weight excluding hydrogens is 360 g/mol. The predicted octanol–water partition coefficient (Wildman–Crippen LogP) is 3.47. The van der Waals surface area contributed by atoms with Crippen molar-refractivity contribution < 1.29 is 13.2 Å². The lowest BCUT2D eigenvalue weighted by atomic mass is 10.1. The molecule has 0 aliphatic heterocycles. The molecule has 0 bridgehead atoms. The van der Waals surface area contributed by atoms with E-state index < -0.39 is 10.0 Å². The second-order valence-electron chi connectivity index (χ2n) is 5.95. The smallest absolute Gasteiger partial charge is 0.242 e. The first-order valence-electron chi connectivity index (χ1n) is 7.77. The Balaban J connectivity index is 2.02. The molecule has 0 saturated carbocycles. The molecule has 25 heavy (non-hydrogen) atoms. The summed E-state index contributed by atoms with van der Waals surface area (Å²) in [7, 11) is -0.601. The van der Waals surface area contributed by atoms with Gasteiger partial charge >= 0.3 is 0 Å². The number of nitrogens with zero attached hydrogens (tertiary/aromatic N) is 1. The van der Waals surface area contributed by atoms with Crippen LogP contribution in [-0.4, -0.2) is 32.7 Å². The monoisotopic (exact) mass is 380 g/mol. The Bertz CT molecular complexity index is 880. The highest BCUT2D eigenvalue weighted by Gasteiger charge is 2.17. The van der Waals surface area contributed by atoms with Crippen molar-refractivity contribution in [1.82, 2.24) is 4.31 Å². The van der Waals surface area contributed by atoms with Crippen molar-refractivity contribution in [2.45, 2.75) is 24.7 Å². The summed E-state index contributed by atoms with van der Waals surface area (Å²) in [6.45, 7) is 1.92. The van der Waals surface area contributed by atoms with E-state index in [1.807, 2.05) is 25.1 Å². The highest BCUT2D eigenvalue weighted by Crippen LogP contribution is 2.19. The molecule has 2 aromatic carbocycles. The Morgan fingerprint density at radius 2 is 1.88 bits per heavy atom. The van der Waals surface area contributed by atoms with Crippen molar-refractivity contribution in [2.24, 2.45) is 0 Å². The summed E-state index contributed by atoms with van der Waals surface area (Å²) in [6.07, 6.45) is 0.839. The lowest BCUT2D eigenvalue weighted by molar-refractivity contribution is -0.116. The van der Waals surface area contributed by atoms with E-state index in [1.54, 1.807) is 12.1 Å². The summed E-state index contributed by atoms with van der Waals surface area (Å²) in [6, 6.07) is 11.9. The van der Waals surface area contributed by atoms with Crippen molar-refractivity contribution in [3.8, 4) is 0 Å². The van der Waals surface area contributed by atoms with Crippen molar-refractivity contribution in [3.05, 3.63) is 58.6 Å². The van der Waals surface area contributed by atoms with Crippen LogP contribution >= 0.6 is 11.6 Å². The van der Waals surface area contributed by atoms with Gasteiger partial charge < -0.3 is 5.32 Å². The molecule has 134 valence electrons. The van der Waals surface area contributed by atoms with Crippen LogP contribution in [0.1, 0.15) is 17.5 Å². The molecule has 7 heteroatoms. The van der Waals surface area contributed by atoms with E-state index in [4.69, 9.17) is 11.6 Å². The minimum atomic E-state index is -3.53. The van der Waals surface area contributed by atoms with Gasteiger partial charge in [-0.25, -0.2) is 12.7 Å². The number of nitrogens with one attached hydrogen (secondary N) is 1. The maximum Gasteiger partial charge on any atom is 0.242 e. The van der Waals surface area contributed by atoms with E-state index >= 15 is 0 Å². The van der Waals surface area contributed by atoms with Crippen LogP contribution in [0.15, 0.2) is 47.4 Å². The fraction of sp³-hybridized carbons (Fsp3) is 0.278. The molecule has 0 unspecified atom stereocenters. The highest BCUT2D eigenvalue weighted by atomic mass is 35.5. The first-order chi connectivity index (χ1) is 11.7. The SMILES string of the molecule is Cc1ccc(CCC(=O)Nc2cccc(S(=O)(=O)N(C)C)c2)cc1Cl. The lowest BCUT2D eigenvalue weighted by Gasteiger charge is -2.12. The zero-order chi connectivity index (χ0) is 18.6. The molecule has 0 spiro atoms. The number of anilines is 1. The van der Waals surface area contributed by atoms with E-state index in [1.165, 1.54) is 26.2 Å². The summed E-state index contributed by atoms with van der Waals surface area (Å²) in [5, 5.41) is 3.41. The zero-order valence-corrected chi connectivity index (χ0v) is 16.0. The van der Waals surface area contributed by atoms with Crippen LogP contribution in [0.4, 0.5) is 5.69 Å². The van der Waals surface area contributed by atoms with E-state index in [0.29, 0.717) is 17.1 Å². The molecule has 0 aliphatic rings. The highest BCUT2D eigenvalue weighted by molar-refractivity contribution is 7.89. The topological polar surface area (TPSA) is 66.5 Å². The number of carbonyl (C=O) groups excluding carboxylic acids is 1. The number of hydrogen-bond donors (Lipinski definition) is 1. The van der Waals surface area contributed by atoms with Gasteiger partial charge in [0.1, 0.15) is 0 Å². The minimum absolute atomic E-state index is 0.139. The molecule has 0 atom stereocenters. The van der Waals surface area contributed by atoms with Crippen LogP contribution < -0.4 is 5.32 Å². The Morgan fingerprint density at radius 1 is 1.16 bits per heavy atom. The molecule has 2 aromatic rings. The number of halogens is 1. The molecule has 1 N–H and O–H groups in total. The van der Waals surface area contributed by atoms with Crippen LogP contribution in [0, 0.1) is 6.92 Å². The summed E-state index contributed by atoms with van der Waals surface area (Å²) < 4.78 is 25.4. The molecule has 0 saturated heterocycles. The van der Waals surface area contributed by atoms with Crippen molar-refractivity contribution in [3.63, 3.8) is 0 Å². The summed E-state index contributed by atoms with van der Waals surface area (Å²) in [4.78, 5) is 12.3. The Morgan fingerprint density at radius 3 is 2.52 bits per heavy atom. The summed E-state index contributed by atoms with van der Waals surface area (Å²) in [5.74, 6) is -0.184. The Hall–Kier alpha value is -1.89. The third-order valence-electron chi connectivity index (χ3n) is 3.77. The minimum Gasteiger partial charge on any atom is -0.326 e. The summed E-state index contributed by atoms with van der Waals surface area (Å²) >= 11 is 6.08. The lowest BCUT2D eigenvalue weighted by Crippen LogP contribution is -2.22. The molecule has 0 heterocycles. The number of rotatable bonds is 6. The fourth-order valence-corrected chi connectivity index (χ4v) is 3.37. The van der Waals surface area contributed by atoms with Crippen molar-refractivity contribution in [2.75, 3.05) is 19.4 Å². The van der Waals surface area contributed by atoms with Crippen LogP contribution in [0.5, 0.6) is 0 Å².